The molecule has 1 amide bonds. The third kappa shape index (κ3) is 15.2. The van der Waals surface area contributed by atoms with Crippen LogP contribution in [-0.2, 0) is 66.3 Å². The van der Waals surface area contributed by atoms with Gasteiger partial charge in [0.25, 0.3) is 0 Å². The number of rotatable bonds is 13. The number of nitrogens with one attached hydrogen (secondary N) is 2. The number of fused-ring (bicyclic) bond motifs is 1. The molecule has 21 fully saturated rings. The van der Waals surface area contributed by atoms with Gasteiger partial charge in [0.2, 0.25) is 0 Å². The van der Waals surface area contributed by atoms with Gasteiger partial charge >= 0.3 is 145 Å². The van der Waals surface area contributed by atoms with E-state index in [2.05, 4.69) is 10.6 Å². The predicted molar refractivity (Wildman–Crippen MR) is 313 cm³/mol. The first kappa shape index (κ1) is 75.7. The van der Waals surface area contributed by atoms with Crippen molar-refractivity contribution in [1.29, 1.82) is 0 Å². The first-order chi connectivity index (χ1) is 46.9. The van der Waals surface area contributed by atoms with Gasteiger partial charge in [-0.3, -0.25) is 0 Å². The molecule has 21 aliphatic rings. The van der Waals surface area contributed by atoms with Crippen LogP contribution in [0.3, 0.4) is 0 Å². The molecule has 22 N–H and O–H groups in total. The molecule has 35 atom stereocenters. The van der Waals surface area contributed by atoms with E-state index < -0.39 is 267 Å². The second kappa shape index (κ2) is 32.7. The van der Waals surface area contributed by atoms with E-state index in [0.717, 1.165) is 4.26 Å². The van der Waals surface area contributed by atoms with Crippen molar-refractivity contribution >= 4 is 30.3 Å². The van der Waals surface area contributed by atoms with Gasteiger partial charge in [0, 0.05) is 0 Å². The topological polar surface area (TPSA) is 597 Å². The Hall–Kier alpha value is -3.50. The number of amides is 1. The summed E-state index contributed by atoms with van der Waals surface area (Å²) in [6, 6.07) is 13.6. The van der Waals surface area contributed by atoms with E-state index >= 15 is 0 Å². The van der Waals surface area contributed by atoms with Gasteiger partial charge in [0.15, 0.2) is 44.0 Å². The third-order valence-electron chi connectivity index (χ3n) is 18.4. The number of hydrogen-bond acceptors (Lipinski definition) is 37. The number of aliphatic hydroxyl groups excluding tert-OH is 20. The number of ether oxygens (including phenoxy) is 14. The van der Waals surface area contributed by atoms with Crippen LogP contribution in [0.2, 0.25) is 0 Å². The van der Waals surface area contributed by atoms with Crippen LogP contribution in [0.5, 0.6) is 0 Å². The maximum absolute atomic E-state index is 13.3. The van der Waals surface area contributed by atoms with E-state index in [-0.39, 0.29) is 38.9 Å². The van der Waals surface area contributed by atoms with E-state index in [4.69, 9.17) is 66.3 Å². The number of carbonyl (C=O) groups is 1. The third-order valence-corrected chi connectivity index (χ3v) is 20.7. The Labute approximate surface area is 560 Å². The van der Waals surface area contributed by atoms with Gasteiger partial charge in [-0.15, -0.1) is 0 Å². The molecule has 22 heterocycles. The fourth-order valence-corrected chi connectivity index (χ4v) is 15.0. The van der Waals surface area contributed by atoms with Gasteiger partial charge in [-0.2, -0.15) is 0 Å². The molecule has 2 aromatic carbocycles. The minimum atomic E-state index is -2.24. The number of carbonyl (C=O) groups excluding carboxylic acids is 1. The summed E-state index contributed by atoms with van der Waals surface area (Å²) in [5.74, 6) is -0.519. The molecule has 21 aliphatic heterocycles. The van der Waals surface area contributed by atoms with Crippen molar-refractivity contribution in [3.05, 3.63) is 64.4 Å². The first-order valence-electron chi connectivity index (χ1n) is 31.5. The van der Waals surface area contributed by atoms with Gasteiger partial charge in [0.1, 0.15) is 165 Å². The Morgan fingerprint density at radius 1 is 0.357 bits per heavy atom. The predicted octanol–water partition coefficient (Wildman–Crippen LogP) is -13.8. The summed E-state index contributed by atoms with van der Waals surface area (Å²) in [4.78, 5) is 26.4. The molecule has 14 bridgehead atoms. The fraction of sp³-hybridized carbons (Fsp3) is 0.759. The SMILES string of the molecule is O=C(NCCNC[C@H]1O[C@@H]2O[C@H]3[C@H](O)[C@@H](O)[C@@H](O[C@H]4[C@H](O)[C@@H](O)[C@@H](O[C@H]5[C@H](O)[C@@H](O)[C@@H](O[C@H]6[C@H](O)[C@@H](O)[C@@H](O[C@H]7[C@H](O)[C@@H](O)[C@@H](O[C@H]8[C@H](O)[C@@H](O)[C@@H](O[C@H]1[C@H](O)[C@H]2O)O[C@@H]8CO)O[C@@H]7CO)O[C@@H]6CO)O[C@@H]5CO)O[C@@H]4CO)O[C@@H]3CO)c1ccc(-n2[se]c3ccccc3c2=O)cc1. The van der Waals surface area contributed by atoms with Gasteiger partial charge in [-0.25, -0.2) is 0 Å². The van der Waals surface area contributed by atoms with Crippen LogP contribution in [0.25, 0.3) is 15.3 Å². The monoisotopic (exact) mass is 1480 g/mol. The van der Waals surface area contributed by atoms with Crippen molar-refractivity contribution in [2.75, 3.05) is 59.3 Å². The van der Waals surface area contributed by atoms with Crippen LogP contribution in [0.15, 0.2) is 53.3 Å². The van der Waals surface area contributed by atoms with Crippen LogP contribution in [0, 0.1) is 0 Å². The summed E-state index contributed by atoms with van der Waals surface area (Å²) in [6.45, 7) is -6.94. The Kier molecular flexibility index (Phi) is 25.2. The van der Waals surface area contributed by atoms with Crippen molar-refractivity contribution < 1.29 is 173 Å². The molecule has 552 valence electrons. The molecular weight excluding hydrogens is 1390 g/mol. The molecule has 0 unspecified atom stereocenters. The molecule has 3 aromatic rings. The number of hydrogen-bond donors (Lipinski definition) is 22. The van der Waals surface area contributed by atoms with Crippen LogP contribution < -0.4 is 16.2 Å². The van der Waals surface area contributed by atoms with E-state index in [1.165, 1.54) is 12.1 Å². The summed E-state index contributed by atoms with van der Waals surface area (Å²) in [6.07, 6.45) is -71.0. The summed E-state index contributed by atoms with van der Waals surface area (Å²) in [5.41, 5.74) is 0.643. The van der Waals surface area contributed by atoms with E-state index in [1.807, 2.05) is 12.1 Å². The molecule has 21 saturated heterocycles. The van der Waals surface area contributed by atoms with Gasteiger partial charge in [-0.1, -0.05) is 0 Å². The summed E-state index contributed by atoms with van der Waals surface area (Å²) >= 11 is -0.330. The van der Waals surface area contributed by atoms with E-state index in [0.29, 0.717) is 11.1 Å². The first-order valence-corrected chi connectivity index (χ1v) is 33.1. The Balaban J connectivity index is 0.843. The van der Waals surface area contributed by atoms with Crippen LogP contribution in [0.1, 0.15) is 10.4 Å². The number of nitrogens with zero attached hydrogens (tertiary/aromatic N) is 1. The molecule has 1 aromatic heterocycles. The van der Waals surface area contributed by atoms with Gasteiger partial charge in [0.05, 0.1) is 39.6 Å². The molecule has 39 nitrogen and oxygen atoms in total. The molecule has 0 aliphatic carbocycles. The average Bonchev–Trinajstić information content (AvgIpc) is 0.804. The normalized spacial score (nSPS) is 46.0. The van der Waals surface area contributed by atoms with Crippen LogP contribution in [0.4, 0.5) is 0 Å². The Morgan fingerprint density at radius 2 is 0.633 bits per heavy atom. The zero-order chi connectivity index (χ0) is 70.3. The molecule has 0 radical (unpaired) electrons. The quantitative estimate of drug-likeness (QED) is 0.0558. The van der Waals surface area contributed by atoms with Crippen molar-refractivity contribution in [3.63, 3.8) is 0 Å². The standard InChI is InChI=1S/C58H83N3O36Se/c62-12-22-44-31(70)38(77)54(86-22)94-46-24(14-64)88-56(40(79)33(46)72)96-48-26(16-66)90-58(42(81)35(48)74)97-49-27(17-67)89-57(41(80)34(49)73)95-47-25(15-65)87-55(39(78)32(47)71)93-45-23(13-63)85-53(37(76)30(45)69)91-43-21(84-52(92-44)36(75)29(43)68)11-59-9-10-60-50(82)18-5-7-19(8-6-18)61-51(83)20-3-1-2-4-28(20)98-61/h1-8,21-27,29-49,52-59,62-81H,9-17H2,(H,60,82)/t21-,22-,23-,24-,25-,26-,27-,29-,30-,31-,32-,33-,34-,35-,36-,37-,38-,39-,40-,41-,42-,43-,44-,45-,46-,47-,48-,49-,52-,53-,54-,55-,56-,57-,58-/m1/s1. The molecule has 24 rings (SSSR count). The van der Waals surface area contributed by atoms with Crippen LogP contribution in [-0.4, -0.2) is 401 Å². The Morgan fingerprint density at radius 3 is 0.918 bits per heavy atom. The summed E-state index contributed by atoms with van der Waals surface area (Å²) in [7, 11) is 0. The molecule has 40 heteroatoms. The average molecular weight is 1480 g/mol. The summed E-state index contributed by atoms with van der Waals surface area (Å²) in [5, 5.41) is 231. The van der Waals surface area contributed by atoms with E-state index in [9.17, 15) is 112 Å². The Bertz CT molecular complexity index is 3090. The molecule has 0 spiro atoms. The molecular formula is C58H83N3O36Se. The zero-order valence-electron chi connectivity index (χ0n) is 51.5. The number of aliphatic hydroxyl groups is 20. The van der Waals surface area contributed by atoms with Crippen LogP contribution >= 0.6 is 0 Å². The van der Waals surface area contributed by atoms with E-state index in [1.54, 1.807) is 27.8 Å². The van der Waals surface area contributed by atoms with Crippen molar-refractivity contribution in [2.45, 2.75) is 215 Å². The minimum absolute atomic E-state index is 0.0605. The number of benzene rings is 2. The second-order valence-corrected chi connectivity index (χ2v) is 26.7. The number of aromatic nitrogens is 1. The second-order valence-electron chi connectivity index (χ2n) is 24.7. The van der Waals surface area contributed by atoms with Crippen molar-refractivity contribution in [1.82, 2.24) is 14.2 Å². The fourth-order valence-electron chi connectivity index (χ4n) is 12.9. The van der Waals surface area contributed by atoms with Crippen molar-refractivity contribution in [3.8, 4) is 5.69 Å². The zero-order valence-corrected chi connectivity index (χ0v) is 53.2. The molecule has 98 heavy (non-hydrogen) atoms. The summed E-state index contributed by atoms with van der Waals surface area (Å²) < 4.78 is 84.2. The maximum atomic E-state index is 13.3. The van der Waals surface area contributed by atoms with Gasteiger partial charge < -0.3 is 168 Å². The van der Waals surface area contributed by atoms with Gasteiger partial charge in [-0.05, 0) is 0 Å². The molecule has 0 saturated carbocycles. The van der Waals surface area contributed by atoms with Crippen molar-refractivity contribution in [2.24, 2.45) is 0 Å².